The number of fused-ring (bicyclic) bond motifs is 5. The SMILES string of the molecule is CC(=O)OC1CCC2(C)C(=CCC3C4CCCC4(C)CCC32)C1(C)C. The van der Waals surface area contributed by atoms with E-state index in [1.807, 2.05) is 0 Å². The lowest BCUT2D eigenvalue weighted by Crippen LogP contribution is -2.54. The first kappa shape index (κ1) is 17.6. The Bertz CT molecular complexity index is 603. The summed E-state index contributed by atoms with van der Waals surface area (Å²) >= 11 is 0. The van der Waals surface area contributed by atoms with Crippen LogP contribution in [0.4, 0.5) is 0 Å². The zero-order chi connectivity index (χ0) is 18.0. The van der Waals surface area contributed by atoms with Crippen molar-refractivity contribution < 1.29 is 9.53 Å². The van der Waals surface area contributed by atoms with Gasteiger partial charge < -0.3 is 4.74 Å². The van der Waals surface area contributed by atoms with Gasteiger partial charge in [-0.25, -0.2) is 0 Å². The van der Waals surface area contributed by atoms with Crippen molar-refractivity contribution in [2.45, 2.75) is 92.1 Å². The zero-order valence-electron chi connectivity index (χ0n) is 16.9. The Kier molecular flexibility index (Phi) is 3.95. The summed E-state index contributed by atoms with van der Waals surface area (Å²) in [5, 5.41) is 0. The number of ether oxygens (including phenoxy) is 1. The maximum absolute atomic E-state index is 11.6. The lowest BCUT2D eigenvalue weighted by molar-refractivity contribution is -0.156. The lowest BCUT2D eigenvalue weighted by atomic mass is 9.45. The molecule has 0 amide bonds. The molecule has 0 bridgehead atoms. The van der Waals surface area contributed by atoms with Crippen LogP contribution in [0.25, 0.3) is 0 Å². The summed E-state index contributed by atoms with van der Waals surface area (Å²) in [6.07, 6.45) is 13.3. The molecule has 25 heavy (non-hydrogen) atoms. The number of allylic oxidation sites excluding steroid dienone is 1. The van der Waals surface area contributed by atoms with Crippen LogP contribution >= 0.6 is 0 Å². The minimum absolute atomic E-state index is 0.0277. The van der Waals surface area contributed by atoms with Gasteiger partial charge in [-0.1, -0.05) is 45.8 Å². The van der Waals surface area contributed by atoms with Crippen molar-refractivity contribution in [3.05, 3.63) is 11.6 Å². The minimum atomic E-state index is -0.129. The molecular weight excluding hydrogens is 308 g/mol. The van der Waals surface area contributed by atoms with Crippen molar-refractivity contribution in [1.82, 2.24) is 0 Å². The Morgan fingerprint density at radius 3 is 2.52 bits per heavy atom. The molecule has 0 saturated heterocycles. The third-order valence-corrected chi connectivity index (χ3v) is 8.98. The molecule has 0 spiro atoms. The third-order valence-electron chi connectivity index (χ3n) is 8.98. The molecule has 0 radical (unpaired) electrons. The third kappa shape index (κ3) is 2.46. The molecule has 4 rings (SSSR count). The first-order chi connectivity index (χ1) is 11.7. The van der Waals surface area contributed by atoms with Crippen LogP contribution < -0.4 is 0 Å². The Hall–Kier alpha value is -0.790. The molecule has 4 aliphatic rings. The van der Waals surface area contributed by atoms with E-state index in [2.05, 4.69) is 33.8 Å². The predicted octanol–water partition coefficient (Wildman–Crippen LogP) is 5.91. The minimum Gasteiger partial charge on any atom is -0.462 e. The van der Waals surface area contributed by atoms with E-state index in [-0.39, 0.29) is 17.5 Å². The van der Waals surface area contributed by atoms with E-state index in [4.69, 9.17) is 4.74 Å². The highest BCUT2D eigenvalue weighted by molar-refractivity contribution is 5.66. The molecule has 3 saturated carbocycles. The van der Waals surface area contributed by atoms with Gasteiger partial charge in [0.25, 0.3) is 0 Å². The average Bonchev–Trinajstić information content (AvgIpc) is 2.92. The fourth-order valence-corrected chi connectivity index (χ4v) is 7.78. The molecule has 0 aromatic carbocycles. The maximum atomic E-state index is 11.6. The molecule has 4 aliphatic carbocycles. The van der Waals surface area contributed by atoms with Crippen LogP contribution in [0.15, 0.2) is 11.6 Å². The molecule has 0 N–H and O–H groups in total. The van der Waals surface area contributed by atoms with Crippen molar-refractivity contribution in [2.75, 3.05) is 0 Å². The number of rotatable bonds is 1. The largest absolute Gasteiger partial charge is 0.462 e. The summed E-state index contributed by atoms with van der Waals surface area (Å²) in [5.41, 5.74) is 2.50. The van der Waals surface area contributed by atoms with Crippen LogP contribution in [0.3, 0.4) is 0 Å². The van der Waals surface area contributed by atoms with Gasteiger partial charge in [-0.3, -0.25) is 4.79 Å². The summed E-state index contributed by atoms with van der Waals surface area (Å²) in [7, 11) is 0. The molecule has 0 heterocycles. The first-order valence-electron chi connectivity index (χ1n) is 10.6. The quantitative estimate of drug-likeness (QED) is 0.437. The van der Waals surface area contributed by atoms with E-state index in [9.17, 15) is 4.79 Å². The number of hydrogen-bond donors (Lipinski definition) is 0. The molecule has 2 heteroatoms. The second-order valence-electron chi connectivity index (χ2n) is 10.6. The van der Waals surface area contributed by atoms with Crippen LogP contribution in [0.2, 0.25) is 0 Å². The van der Waals surface area contributed by atoms with E-state index < -0.39 is 0 Å². The van der Waals surface area contributed by atoms with Gasteiger partial charge in [0.15, 0.2) is 0 Å². The summed E-state index contributed by atoms with van der Waals surface area (Å²) in [6, 6.07) is 0. The first-order valence-corrected chi connectivity index (χ1v) is 10.6. The summed E-state index contributed by atoms with van der Waals surface area (Å²) in [4.78, 5) is 11.6. The van der Waals surface area contributed by atoms with Crippen molar-refractivity contribution in [3.8, 4) is 0 Å². The van der Waals surface area contributed by atoms with Gasteiger partial charge in [-0.2, -0.15) is 0 Å². The Morgan fingerprint density at radius 1 is 1.04 bits per heavy atom. The smallest absolute Gasteiger partial charge is 0.302 e. The summed E-state index contributed by atoms with van der Waals surface area (Å²) < 4.78 is 5.74. The van der Waals surface area contributed by atoms with E-state index in [1.54, 1.807) is 12.5 Å². The van der Waals surface area contributed by atoms with E-state index >= 15 is 0 Å². The van der Waals surface area contributed by atoms with Crippen LogP contribution in [0.1, 0.15) is 86.0 Å². The van der Waals surface area contributed by atoms with Gasteiger partial charge in [0, 0.05) is 12.3 Å². The van der Waals surface area contributed by atoms with Crippen LogP contribution in [-0.4, -0.2) is 12.1 Å². The standard InChI is InChI=1S/C23H36O2/c1-15(24)25-20-11-14-23(5)18-10-13-22(4)12-6-7-17(22)16(18)8-9-19(23)21(20,2)3/h9,16-18,20H,6-8,10-14H2,1-5H3. The summed E-state index contributed by atoms with van der Waals surface area (Å²) in [6.45, 7) is 11.3. The fraction of sp³-hybridized carbons (Fsp3) is 0.870. The van der Waals surface area contributed by atoms with Crippen LogP contribution in [-0.2, 0) is 9.53 Å². The highest BCUT2D eigenvalue weighted by Crippen LogP contribution is 2.67. The number of hydrogen-bond acceptors (Lipinski definition) is 2. The van der Waals surface area contributed by atoms with Crippen molar-refractivity contribution in [2.24, 2.45) is 34.0 Å². The number of esters is 1. The molecule has 0 aliphatic heterocycles. The molecule has 6 atom stereocenters. The monoisotopic (exact) mass is 344 g/mol. The van der Waals surface area contributed by atoms with E-state index in [0.717, 1.165) is 24.2 Å². The van der Waals surface area contributed by atoms with Gasteiger partial charge >= 0.3 is 5.97 Å². The van der Waals surface area contributed by atoms with Gasteiger partial charge in [-0.15, -0.1) is 0 Å². The molecular formula is C23H36O2. The zero-order valence-corrected chi connectivity index (χ0v) is 16.9. The van der Waals surface area contributed by atoms with Gasteiger partial charge in [-0.05, 0) is 73.5 Å². The molecule has 6 unspecified atom stereocenters. The normalized spacial score (nSPS) is 48.0. The Morgan fingerprint density at radius 2 is 1.80 bits per heavy atom. The molecule has 3 fully saturated rings. The van der Waals surface area contributed by atoms with Crippen molar-refractivity contribution in [3.63, 3.8) is 0 Å². The molecule has 140 valence electrons. The highest BCUT2D eigenvalue weighted by atomic mass is 16.5. The van der Waals surface area contributed by atoms with E-state index in [1.165, 1.54) is 44.9 Å². The second-order valence-corrected chi connectivity index (χ2v) is 10.6. The summed E-state index contributed by atoms with van der Waals surface area (Å²) in [5.74, 6) is 2.53. The number of carbonyl (C=O) groups excluding carboxylic acids is 1. The molecule has 0 aromatic rings. The lowest BCUT2D eigenvalue weighted by Gasteiger charge is -2.60. The highest BCUT2D eigenvalue weighted by Gasteiger charge is 2.59. The average molecular weight is 345 g/mol. The van der Waals surface area contributed by atoms with Crippen LogP contribution in [0, 0.1) is 34.0 Å². The molecule has 2 nitrogen and oxygen atoms in total. The van der Waals surface area contributed by atoms with Gasteiger partial charge in [0.2, 0.25) is 0 Å². The second kappa shape index (κ2) is 5.60. The van der Waals surface area contributed by atoms with Crippen LogP contribution in [0.5, 0.6) is 0 Å². The molecule has 0 aromatic heterocycles. The Labute approximate surface area is 153 Å². The maximum Gasteiger partial charge on any atom is 0.302 e. The van der Waals surface area contributed by atoms with Crippen molar-refractivity contribution >= 4 is 5.97 Å². The van der Waals surface area contributed by atoms with Crippen molar-refractivity contribution in [1.29, 1.82) is 0 Å². The predicted molar refractivity (Wildman–Crippen MR) is 101 cm³/mol. The number of carbonyl (C=O) groups is 1. The van der Waals surface area contributed by atoms with Gasteiger partial charge in [0.1, 0.15) is 6.10 Å². The van der Waals surface area contributed by atoms with Gasteiger partial charge in [0.05, 0.1) is 0 Å². The van der Waals surface area contributed by atoms with E-state index in [0.29, 0.717) is 10.8 Å². The topological polar surface area (TPSA) is 26.3 Å². The fourth-order valence-electron chi connectivity index (χ4n) is 7.78. The Balaban J connectivity index is 1.68.